The van der Waals surface area contributed by atoms with E-state index in [1.807, 2.05) is 6.07 Å². The first-order valence-corrected chi connectivity index (χ1v) is 8.95. The van der Waals surface area contributed by atoms with E-state index in [0.29, 0.717) is 28.1 Å². The molecule has 1 heterocycles. The van der Waals surface area contributed by atoms with Gasteiger partial charge in [-0.2, -0.15) is 5.26 Å². The third-order valence-electron chi connectivity index (χ3n) is 3.66. The first-order chi connectivity index (χ1) is 11.9. The van der Waals surface area contributed by atoms with Gasteiger partial charge in [0.15, 0.2) is 5.76 Å². The maximum atomic E-state index is 12.7. The minimum absolute atomic E-state index is 0.156. The van der Waals surface area contributed by atoms with Crippen LogP contribution in [0.3, 0.4) is 0 Å². The summed E-state index contributed by atoms with van der Waals surface area (Å²) in [7, 11) is -3.78. The largest absolute Gasteiger partial charge is 0.356 e. The Balaban J connectivity index is 1.97. The highest BCUT2D eigenvalue weighted by Crippen LogP contribution is 2.27. The van der Waals surface area contributed by atoms with Crippen LogP contribution in [-0.2, 0) is 10.0 Å². The lowest BCUT2D eigenvalue weighted by molar-refractivity contribution is 0.427. The molecule has 1 aromatic heterocycles. The Morgan fingerprint density at radius 3 is 2.40 bits per heavy atom. The lowest BCUT2D eigenvalue weighted by Gasteiger charge is -2.11. The van der Waals surface area contributed by atoms with Crippen LogP contribution in [0.25, 0.3) is 11.3 Å². The van der Waals surface area contributed by atoms with Crippen molar-refractivity contribution in [1.29, 1.82) is 5.26 Å². The fourth-order valence-electron chi connectivity index (χ4n) is 2.37. The molecule has 6 nitrogen and oxygen atoms in total. The lowest BCUT2D eigenvalue weighted by Crippen LogP contribution is -2.14. The molecule has 0 radical (unpaired) electrons. The van der Waals surface area contributed by atoms with Gasteiger partial charge in [0.05, 0.1) is 22.2 Å². The Kier molecular flexibility index (Phi) is 4.30. The van der Waals surface area contributed by atoms with Gasteiger partial charge in [0.25, 0.3) is 10.0 Å². The van der Waals surface area contributed by atoms with Crippen molar-refractivity contribution in [1.82, 2.24) is 5.16 Å². The molecule has 2 aromatic carbocycles. The van der Waals surface area contributed by atoms with E-state index in [1.165, 1.54) is 0 Å². The predicted molar refractivity (Wildman–Crippen MR) is 93.4 cm³/mol. The SMILES string of the molecule is Cc1cc(-c2ccc(C)c(S(=O)(=O)Nc3ccc(C#N)cc3)c2)on1. The van der Waals surface area contributed by atoms with Crippen LogP contribution in [-0.4, -0.2) is 13.6 Å². The first kappa shape index (κ1) is 16.7. The lowest BCUT2D eigenvalue weighted by atomic mass is 10.1. The van der Waals surface area contributed by atoms with Crippen molar-refractivity contribution in [2.24, 2.45) is 0 Å². The van der Waals surface area contributed by atoms with E-state index in [1.54, 1.807) is 62.4 Å². The molecule has 3 rings (SSSR count). The monoisotopic (exact) mass is 353 g/mol. The molecule has 7 heteroatoms. The second kappa shape index (κ2) is 6.42. The predicted octanol–water partition coefficient (Wildman–Crippen LogP) is 3.63. The minimum Gasteiger partial charge on any atom is -0.356 e. The quantitative estimate of drug-likeness (QED) is 0.772. The summed E-state index contributed by atoms with van der Waals surface area (Å²) in [4.78, 5) is 0.156. The summed E-state index contributed by atoms with van der Waals surface area (Å²) in [6, 6.07) is 15.0. The normalized spacial score (nSPS) is 11.1. The first-order valence-electron chi connectivity index (χ1n) is 7.46. The molecule has 25 heavy (non-hydrogen) atoms. The molecule has 0 atom stereocenters. The van der Waals surface area contributed by atoms with Gasteiger partial charge >= 0.3 is 0 Å². The van der Waals surface area contributed by atoms with Gasteiger partial charge in [-0.15, -0.1) is 0 Å². The fraction of sp³-hybridized carbons (Fsp3) is 0.111. The topological polar surface area (TPSA) is 96.0 Å². The van der Waals surface area contributed by atoms with Crippen LogP contribution >= 0.6 is 0 Å². The number of hydrogen-bond acceptors (Lipinski definition) is 5. The number of rotatable bonds is 4. The average molecular weight is 353 g/mol. The number of hydrogen-bond donors (Lipinski definition) is 1. The highest BCUT2D eigenvalue weighted by molar-refractivity contribution is 7.92. The van der Waals surface area contributed by atoms with E-state index in [0.717, 1.165) is 5.69 Å². The molecule has 126 valence electrons. The summed E-state index contributed by atoms with van der Waals surface area (Å²) >= 11 is 0. The van der Waals surface area contributed by atoms with Gasteiger partial charge in [0.1, 0.15) is 0 Å². The van der Waals surface area contributed by atoms with Crippen molar-refractivity contribution in [3.63, 3.8) is 0 Å². The molecule has 0 unspecified atom stereocenters. The Hall–Kier alpha value is -3.11. The van der Waals surface area contributed by atoms with Crippen molar-refractivity contribution in [2.75, 3.05) is 4.72 Å². The summed E-state index contributed by atoms with van der Waals surface area (Å²) in [6.07, 6.45) is 0. The summed E-state index contributed by atoms with van der Waals surface area (Å²) in [5.74, 6) is 0.507. The standard InChI is InChI=1S/C18H15N3O3S/c1-12-3-6-15(17-9-13(2)20-24-17)10-18(12)25(22,23)21-16-7-4-14(11-19)5-8-16/h3-10,21H,1-2H3. The van der Waals surface area contributed by atoms with Gasteiger partial charge in [-0.05, 0) is 49.7 Å². The summed E-state index contributed by atoms with van der Waals surface area (Å²) < 4.78 is 33.2. The van der Waals surface area contributed by atoms with Crippen LogP contribution in [0, 0.1) is 25.2 Å². The van der Waals surface area contributed by atoms with Crippen molar-refractivity contribution >= 4 is 15.7 Å². The zero-order valence-corrected chi connectivity index (χ0v) is 14.5. The van der Waals surface area contributed by atoms with Crippen LogP contribution in [0.4, 0.5) is 5.69 Å². The third kappa shape index (κ3) is 3.54. The molecular formula is C18H15N3O3S. The Morgan fingerprint density at radius 1 is 1.08 bits per heavy atom. The van der Waals surface area contributed by atoms with Crippen molar-refractivity contribution in [3.05, 3.63) is 65.4 Å². The second-order valence-electron chi connectivity index (χ2n) is 5.61. The third-order valence-corrected chi connectivity index (χ3v) is 5.18. The van der Waals surface area contributed by atoms with Gasteiger partial charge in [0, 0.05) is 17.3 Å². The summed E-state index contributed by atoms with van der Waals surface area (Å²) in [6.45, 7) is 3.52. The van der Waals surface area contributed by atoms with Crippen LogP contribution < -0.4 is 4.72 Å². The van der Waals surface area contributed by atoms with Gasteiger partial charge in [-0.25, -0.2) is 8.42 Å². The van der Waals surface area contributed by atoms with E-state index in [4.69, 9.17) is 9.78 Å². The number of benzene rings is 2. The molecule has 0 fully saturated rings. The molecule has 0 amide bonds. The van der Waals surface area contributed by atoms with Crippen molar-refractivity contribution in [3.8, 4) is 17.4 Å². The number of nitriles is 1. The molecule has 0 aliphatic carbocycles. The molecular weight excluding hydrogens is 338 g/mol. The number of sulfonamides is 1. The maximum Gasteiger partial charge on any atom is 0.262 e. The van der Waals surface area contributed by atoms with E-state index in [-0.39, 0.29) is 4.90 Å². The number of nitrogens with one attached hydrogen (secondary N) is 1. The average Bonchev–Trinajstić information content (AvgIpc) is 3.02. The summed E-state index contributed by atoms with van der Waals surface area (Å²) in [5.41, 5.74) is 2.81. The molecule has 0 saturated carbocycles. The van der Waals surface area contributed by atoms with Gasteiger partial charge < -0.3 is 4.52 Å². The van der Waals surface area contributed by atoms with Gasteiger partial charge in [-0.3, -0.25) is 4.72 Å². The van der Waals surface area contributed by atoms with Crippen molar-refractivity contribution < 1.29 is 12.9 Å². The molecule has 0 spiro atoms. The van der Waals surface area contributed by atoms with Crippen molar-refractivity contribution in [2.45, 2.75) is 18.7 Å². The molecule has 3 aromatic rings. The van der Waals surface area contributed by atoms with E-state index >= 15 is 0 Å². The zero-order chi connectivity index (χ0) is 18.0. The van der Waals surface area contributed by atoms with Crippen LogP contribution in [0.2, 0.25) is 0 Å². The molecule has 0 bridgehead atoms. The van der Waals surface area contributed by atoms with Gasteiger partial charge in [0.2, 0.25) is 0 Å². The van der Waals surface area contributed by atoms with Crippen LogP contribution in [0.15, 0.2) is 57.9 Å². The highest BCUT2D eigenvalue weighted by atomic mass is 32.2. The number of nitrogens with zero attached hydrogens (tertiary/aromatic N) is 2. The minimum atomic E-state index is -3.78. The molecule has 0 aliphatic rings. The maximum absolute atomic E-state index is 12.7. The Labute approximate surface area is 145 Å². The second-order valence-corrected chi connectivity index (χ2v) is 7.26. The molecule has 1 N–H and O–H groups in total. The Morgan fingerprint density at radius 2 is 1.80 bits per heavy atom. The van der Waals surface area contributed by atoms with Gasteiger partial charge in [-0.1, -0.05) is 17.3 Å². The number of aryl methyl sites for hydroxylation is 2. The number of anilines is 1. The number of aromatic nitrogens is 1. The zero-order valence-electron chi connectivity index (χ0n) is 13.6. The van der Waals surface area contributed by atoms with E-state index in [2.05, 4.69) is 9.88 Å². The Bertz CT molecular complexity index is 1060. The smallest absolute Gasteiger partial charge is 0.262 e. The molecule has 0 saturated heterocycles. The summed E-state index contributed by atoms with van der Waals surface area (Å²) in [5, 5.41) is 12.6. The van der Waals surface area contributed by atoms with E-state index in [9.17, 15) is 8.42 Å². The fourth-order valence-corrected chi connectivity index (χ4v) is 3.70. The molecule has 0 aliphatic heterocycles. The highest BCUT2D eigenvalue weighted by Gasteiger charge is 2.19. The van der Waals surface area contributed by atoms with E-state index < -0.39 is 10.0 Å². The van der Waals surface area contributed by atoms with Crippen LogP contribution in [0.1, 0.15) is 16.8 Å². The van der Waals surface area contributed by atoms with Crippen LogP contribution in [0.5, 0.6) is 0 Å².